The minimum Gasteiger partial charge on any atom is -0.507 e. The summed E-state index contributed by atoms with van der Waals surface area (Å²) >= 11 is 0. The summed E-state index contributed by atoms with van der Waals surface area (Å²) in [5.41, 5.74) is 6.20. The molecule has 1 aromatic rings. The van der Waals surface area contributed by atoms with Crippen LogP contribution in [0.3, 0.4) is 0 Å². The maximum Gasteiger partial charge on any atom is 0.124 e. The topological polar surface area (TPSA) is 55.5 Å². The van der Waals surface area contributed by atoms with Crippen molar-refractivity contribution in [3.63, 3.8) is 0 Å². The minimum atomic E-state index is -0.493. The molecule has 0 bridgehead atoms. The molecule has 0 heterocycles. The van der Waals surface area contributed by atoms with E-state index in [1.165, 1.54) is 13.2 Å². The zero-order chi connectivity index (χ0) is 10.6. The molecule has 86 valence electrons. The Morgan fingerprint density at radius 1 is 1.53 bits per heavy atom. The van der Waals surface area contributed by atoms with Crippen molar-refractivity contribution in [2.45, 2.75) is 12.5 Å². The summed E-state index contributed by atoms with van der Waals surface area (Å²) in [6.45, 7) is -0.493. The second-order valence-corrected chi connectivity index (χ2v) is 3.01. The average molecular weight is 236 g/mol. The Bertz CT molecular complexity index is 309. The van der Waals surface area contributed by atoms with Gasteiger partial charge in [0, 0.05) is 17.7 Å². The summed E-state index contributed by atoms with van der Waals surface area (Å²) in [7, 11) is 1.51. The van der Waals surface area contributed by atoms with E-state index >= 15 is 0 Å². The highest BCUT2D eigenvalue weighted by Gasteiger charge is 2.11. The molecular weight excluding hydrogens is 221 g/mol. The lowest BCUT2D eigenvalue weighted by atomic mass is 10.0. The monoisotopic (exact) mass is 235 g/mol. The quantitative estimate of drug-likeness (QED) is 0.841. The molecule has 0 radical (unpaired) electrons. The summed E-state index contributed by atoms with van der Waals surface area (Å²) in [6, 6.07) is 4.33. The Kier molecular flexibility index (Phi) is 6.05. The van der Waals surface area contributed by atoms with Crippen molar-refractivity contribution in [2.24, 2.45) is 5.73 Å². The van der Waals surface area contributed by atoms with Crippen LogP contribution in [0.1, 0.15) is 18.0 Å². The number of methoxy groups -OCH3 is 1. The second kappa shape index (κ2) is 6.48. The van der Waals surface area contributed by atoms with Crippen LogP contribution in [0, 0.1) is 0 Å². The Balaban J connectivity index is 0.00000196. The van der Waals surface area contributed by atoms with Crippen LogP contribution in [0.25, 0.3) is 0 Å². The van der Waals surface area contributed by atoms with Gasteiger partial charge in [-0.2, -0.15) is 0 Å². The molecule has 0 unspecified atom stereocenters. The molecule has 0 aromatic heterocycles. The van der Waals surface area contributed by atoms with E-state index in [0.29, 0.717) is 11.3 Å². The van der Waals surface area contributed by atoms with E-state index in [1.807, 2.05) is 0 Å². The van der Waals surface area contributed by atoms with E-state index in [-0.39, 0.29) is 24.6 Å². The van der Waals surface area contributed by atoms with Gasteiger partial charge in [0.2, 0.25) is 0 Å². The highest BCUT2D eigenvalue weighted by molar-refractivity contribution is 5.85. The smallest absolute Gasteiger partial charge is 0.124 e. The first-order chi connectivity index (χ1) is 6.69. The molecule has 1 rings (SSSR count). The van der Waals surface area contributed by atoms with Crippen LogP contribution < -0.4 is 10.5 Å². The third-order valence-electron chi connectivity index (χ3n) is 2.06. The number of alkyl halides is 1. The molecule has 0 amide bonds. The van der Waals surface area contributed by atoms with E-state index in [9.17, 15) is 9.50 Å². The van der Waals surface area contributed by atoms with Crippen LogP contribution in [0.2, 0.25) is 0 Å². The van der Waals surface area contributed by atoms with Crippen molar-refractivity contribution in [1.29, 1.82) is 0 Å². The predicted octanol–water partition coefficient (Wildman–Crippen LogP) is 2.18. The third-order valence-corrected chi connectivity index (χ3v) is 2.06. The maximum absolute atomic E-state index is 12.0. The van der Waals surface area contributed by atoms with Crippen LogP contribution >= 0.6 is 12.4 Å². The lowest BCUT2D eigenvalue weighted by Crippen LogP contribution is -2.11. The minimum absolute atomic E-state index is 0. The second-order valence-electron chi connectivity index (χ2n) is 3.01. The first-order valence-electron chi connectivity index (χ1n) is 4.37. The van der Waals surface area contributed by atoms with Crippen molar-refractivity contribution < 1.29 is 14.2 Å². The number of nitrogens with two attached hydrogens (primary N) is 1. The highest BCUT2D eigenvalue weighted by atomic mass is 35.5. The summed E-state index contributed by atoms with van der Waals surface area (Å²) < 4.78 is 16.9. The summed E-state index contributed by atoms with van der Waals surface area (Å²) in [5, 5.41) is 9.54. The molecule has 0 spiro atoms. The largest absolute Gasteiger partial charge is 0.507 e. The standard InChI is InChI=1S/C10H14FNO2.ClH/c1-14-7-2-3-8(10(13)6-7)9(12)4-5-11;/h2-3,6,9,13H,4-5,12H2,1H3;1H/t9-;/m1./s1. The van der Waals surface area contributed by atoms with E-state index < -0.39 is 12.7 Å². The molecule has 5 heteroatoms. The van der Waals surface area contributed by atoms with Crippen molar-refractivity contribution >= 4 is 12.4 Å². The van der Waals surface area contributed by atoms with Gasteiger partial charge in [0.15, 0.2) is 0 Å². The average Bonchev–Trinajstić information content (AvgIpc) is 2.17. The fraction of sp³-hybridized carbons (Fsp3) is 0.400. The first-order valence-corrected chi connectivity index (χ1v) is 4.37. The number of ether oxygens (including phenoxy) is 1. The van der Waals surface area contributed by atoms with Crippen LogP contribution in [0.15, 0.2) is 18.2 Å². The van der Waals surface area contributed by atoms with Gasteiger partial charge in [0.05, 0.1) is 13.8 Å². The Morgan fingerprint density at radius 3 is 2.67 bits per heavy atom. The van der Waals surface area contributed by atoms with Crippen LogP contribution in [-0.2, 0) is 0 Å². The molecule has 1 atom stereocenters. The van der Waals surface area contributed by atoms with Gasteiger partial charge in [-0.3, -0.25) is 4.39 Å². The number of hydrogen-bond donors (Lipinski definition) is 2. The maximum atomic E-state index is 12.0. The molecule has 0 aliphatic heterocycles. The lowest BCUT2D eigenvalue weighted by Gasteiger charge is -2.12. The van der Waals surface area contributed by atoms with E-state index in [4.69, 9.17) is 10.5 Å². The molecule has 15 heavy (non-hydrogen) atoms. The number of phenolic OH excluding ortho intramolecular Hbond substituents is 1. The van der Waals surface area contributed by atoms with Gasteiger partial charge in [-0.15, -0.1) is 12.4 Å². The summed E-state index contributed by atoms with van der Waals surface area (Å²) in [6.07, 6.45) is 0.208. The molecule has 0 fully saturated rings. The van der Waals surface area contributed by atoms with Crippen molar-refractivity contribution in [3.8, 4) is 11.5 Å². The number of hydrogen-bond acceptors (Lipinski definition) is 3. The van der Waals surface area contributed by atoms with E-state index in [1.54, 1.807) is 12.1 Å². The molecule has 0 aliphatic carbocycles. The highest BCUT2D eigenvalue weighted by Crippen LogP contribution is 2.28. The fourth-order valence-electron chi connectivity index (χ4n) is 1.24. The Morgan fingerprint density at radius 2 is 2.20 bits per heavy atom. The van der Waals surface area contributed by atoms with Gasteiger partial charge in [-0.25, -0.2) is 0 Å². The zero-order valence-corrected chi connectivity index (χ0v) is 9.26. The molecule has 0 saturated carbocycles. The molecule has 3 N–H and O–H groups in total. The van der Waals surface area contributed by atoms with Crippen molar-refractivity contribution in [3.05, 3.63) is 23.8 Å². The van der Waals surface area contributed by atoms with Gasteiger partial charge in [0.1, 0.15) is 11.5 Å². The number of aromatic hydroxyl groups is 1. The number of rotatable bonds is 4. The summed E-state index contributed by atoms with van der Waals surface area (Å²) in [5.74, 6) is 0.601. The molecule has 0 saturated heterocycles. The van der Waals surface area contributed by atoms with E-state index in [0.717, 1.165) is 0 Å². The lowest BCUT2D eigenvalue weighted by molar-refractivity contribution is 0.401. The molecule has 0 aliphatic rings. The molecule has 1 aromatic carbocycles. The Hall–Kier alpha value is -1.00. The van der Waals surface area contributed by atoms with Crippen LogP contribution in [0.5, 0.6) is 11.5 Å². The molecule has 3 nitrogen and oxygen atoms in total. The van der Waals surface area contributed by atoms with Crippen molar-refractivity contribution in [1.82, 2.24) is 0 Å². The predicted molar refractivity (Wildman–Crippen MR) is 59.4 cm³/mol. The van der Waals surface area contributed by atoms with Gasteiger partial charge < -0.3 is 15.6 Å². The fourth-order valence-corrected chi connectivity index (χ4v) is 1.24. The summed E-state index contributed by atoms with van der Waals surface area (Å²) in [4.78, 5) is 0. The zero-order valence-electron chi connectivity index (χ0n) is 8.44. The normalized spacial score (nSPS) is 11.7. The molecular formula is C10H15ClFNO2. The SMILES string of the molecule is COc1ccc([C@H](N)CCF)c(O)c1.Cl. The number of benzene rings is 1. The van der Waals surface area contributed by atoms with Gasteiger partial charge in [0.25, 0.3) is 0 Å². The van der Waals surface area contributed by atoms with E-state index in [2.05, 4.69) is 0 Å². The van der Waals surface area contributed by atoms with Crippen LogP contribution in [0.4, 0.5) is 4.39 Å². The number of phenols is 1. The van der Waals surface area contributed by atoms with Crippen molar-refractivity contribution in [2.75, 3.05) is 13.8 Å². The third kappa shape index (κ3) is 3.57. The van der Waals surface area contributed by atoms with Crippen LogP contribution in [-0.4, -0.2) is 18.9 Å². The van der Waals surface area contributed by atoms with Gasteiger partial charge in [-0.05, 0) is 12.5 Å². The Labute approximate surface area is 94.5 Å². The first kappa shape index (κ1) is 14.0. The number of halogens is 2. The van der Waals surface area contributed by atoms with Gasteiger partial charge >= 0.3 is 0 Å². The van der Waals surface area contributed by atoms with Gasteiger partial charge in [-0.1, -0.05) is 6.07 Å².